The van der Waals surface area contributed by atoms with Gasteiger partial charge in [-0.25, -0.2) is 4.31 Å². The van der Waals surface area contributed by atoms with Crippen molar-refractivity contribution in [2.45, 2.75) is 12.1 Å². The van der Waals surface area contributed by atoms with E-state index in [1.165, 1.54) is 12.2 Å². The van der Waals surface area contributed by atoms with E-state index in [2.05, 4.69) is 0 Å². The van der Waals surface area contributed by atoms with Crippen molar-refractivity contribution in [1.82, 2.24) is 0 Å². The third-order valence-corrected chi connectivity index (χ3v) is 4.06. The molecule has 1 aliphatic rings. The molecule has 10 heteroatoms. The minimum atomic E-state index is -4.85. The molecule has 0 saturated carbocycles. The predicted octanol–water partition coefficient (Wildman–Crippen LogP) is 1.51. The van der Waals surface area contributed by atoms with Gasteiger partial charge in [0.15, 0.2) is 0 Å². The zero-order valence-corrected chi connectivity index (χ0v) is 11.9. The minimum Gasteiger partial charge on any atom is -0.304 e. The Kier molecular flexibility index (Phi) is 4.00. The molecule has 3 N–H and O–H groups in total. The predicted molar refractivity (Wildman–Crippen MR) is 76.9 cm³/mol. The van der Waals surface area contributed by atoms with Crippen molar-refractivity contribution in [2.75, 3.05) is 4.31 Å². The summed E-state index contributed by atoms with van der Waals surface area (Å²) < 4.78 is 46.6. The van der Waals surface area contributed by atoms with Crippen LogP contribution in [0, 0.1) is 15.9 Å². The van der Waals surface area contributed by atoms with Crippen LogP contribution >= 0.6 is 0 Å². The van der Waals surface area contributed by atoms with Gasteiger partial charge in [0.1, 0.15) is 5.66 Å². The van der Waals surface area contributed by atoms with E-state index in [1.807, 2.05) is 0 Å². The van der Waals surface area contributed by atoms with Gasteiger partial charge in [0, 0.05) is 12.5 Å². The lowest BCUT2D eigenvalue weighted by Gasteiger charge is -2.37. The van der Waals surface area contributed by atoms with E-state index >= 15 is 0 Å². The van der Waals surface area contributed by atoms with E-state index in [-0.39, 0.29) is 12.1 Å². The maximum Gasteiger partial charge on any atom is 0.361 e. The number of benzene rings is 1. The van der Waals surface area contributed by atoms with Crippen molar-refractivity contribution in [3.63, 3.8) is 0 Å². The Hall–Kier alpha value is -2.30. The van der Waals surface area contributed by atoms with Gasteiger partial charge in [0.2, 0.25) is 5.82 Å². The van der Waals surface area contributed by atoms with Crippen LogP contribution in [0.25, 0.3) is 0 Å². The first-order valence-electron chi connectivity index (χ1n) is 6.00. The second kappa shape index (κ2) is 5.48. The molecule has 118 valence electrons. The summed E-state index contributed by atoms with van der Waals surface area (Å²) in [5.41, 5.74) is 3.07. The van der Waals surface area contributed by atoms with Crippen LogP contribution in [0.5, 0.6) is 0 Å². The maximum atomic E-state index is 13.4. The fourth-order valence-electron chi connectivity index (χ4n) is 2.13. The lowest BCUT2D eigenvalue weighted by atomic mass is 10.0. The normalized spacial score (nSPS) is 20.9. The third-order valence-electron chi connectivity index (χ3n) is 3.05. The van der Waals surface area contributed by atoms with E-state index in [1.54, 1.807) is 12.2 Å². The highest BCUT2D eigenvalue weighted by Crippen LogP contribution is 2.32. The summed E-state index contributed by atoms with van der Waals surface area (Å²) in [5, 5.41) is 10.8. The molecule has 0 saturated heterocycles. The van der Waals surface area contributed by atoms with Crippen molar-refractivity contribution in [2.24, 2.45) is 5.73 Å². The van der Waals surface area contributed by atoms with Crippen molar-refractivity contribution < 1.29 is 22.3 Å². The Morgan fingerprint density at radius 2 is 2.09 bits per heavy atom. The Balaban J connectivity index is 2.62. The molecule has 0 radical (unpaired) electrons. The average molecular weight is 329 g/mol. The molecule has 2 rings (SSSR count). The lowest BCUT2D eigenvalue weighted by molar-refractivity contribution is -0.387. The summed E-state index contributed by atoms with van der Waals surface area (Å²) in [6.45, 7) is 0. The number of nitrogens with two attached hydrogens (primary N) is 1. The topological polar surface area (TPSA) is 127 Å². The largest absolute Gasteiger partial charge is 0.361 e. The average Bonchev–Trinajstić information content (AvgIpc) is 2.39. The standard InChI is InChI=1S/C12H12FN3O5S/c13-10-5-4-9(8-11(10)16(17)18)15(22(19,20)21)12(14)6-2-1-3-7-12/h1-6,8H,7,14H2,(H,19,20,21). The van der Waals surface area contributed by atoms with Crippen LogP contribution in [0.3, 0.4) is 0 Å². The fraction of sp³-hybridized carbons (Fsp3) is 0.167. The molecule has 0 amide bonds. The molecule has 1 aliphatic carbocycles. The number of hydrogen-bond acceptors (Lipinski definition) is 5. The van der Waals surface area contributed by atoms with Gasteiger partial charge in [-0.1, -0.05) is 18.2 Å². The van der Waals surface area contributed by atoms with Crippen LogP contribution in [0.15, 0.2) is 42.5 Å². The van der Waals surface area contributed by atoms with Gasteiger partial charge in [0.25, 0.3) is 0 Å². The highest BCUT2D eigenvalue weighted by Gasteiger charge is 2.39. The summed E-state index contributed by atoms with van der Waals surface area (Å²) in [4.78, 5) is 9.78. The number of hydrogen-bond donors (Lipinski definition) is 2. The van der Waals surface area contributed by atoms with E-state index in [0.29, 0.717) is 10.4 Å². The third kappa shape index (κ3) is 2.98. The smallest absolute Gasteiger partial charge is 0.304 e. The molecule has 1 aromatic rings. The molecule has 0 aromatic heterocycles. The van der Waals surface area contributed by atoms with Gasteiger partial charge >= 0.3 is 16.0 Å². The Labute approximate surface area is 125 Å². The molecule has 22 heavy (non-hydrogen) atoms. The van der Waals surface area contributed by atoms with E-state index < -0.39 is 32.4 Å². The van der Waals surface area contributed by atoms with Gasteiger partial charge in [0.05, 0.1) is 10.6 Å². The van der Waals surface area contributed by atoms with Gasteiger partial charge in [-0.05, 0) is 18.2 Å². The lowest BCUT2D eigenvalue weighted by Crippen LogP contribution is -2.57. The Bertz CT molecular complexity index is 777. The van der Waals surface area contributed by atoms with Crippen molar-refractivity contribution in [3.8, 4) is 0 Å². The van der Waals surface area contributed by atoms with Gasteiger partial charge < -0.3 is 5.73 Å². The molecule has 8 nitrogen and oxygen atoms in total. The summed E-state index contributed by atoms with van der Waals surface area (Å²) in [5.74, 6) is -1.13. The van der Waals surface area contributed by atoms with Crippen LogP contribution in [0.2, 0.25) is 0 Å². The minimum absolute atomic E-state index is 0.0223. The molecule has 0 fully saturated rings. The molecule has 0 aliphatic heterocycles. The van der Waals surface area contributed by atoms with Crippen molar-refractivity contribution in [1.29, 1.82) is 0 Å². The SMILES string of the molecule is NC1(N(c2ccc(F)c([N+](=O)[O-])c2)S(=O)(=O)O)C=CC=CC1. The Morgan fingerprint density at radius 3 is 2.59 bits per heavy atom. The molecular weight excluding hydrogens is 317 g/mol. The number of anilines is 1. The van der Waals surface area contributed by atoms with E-state index in [0.717, 1.165) is 12.1 Å². The Morgan fingerprint density at radius 1 is 1.41 bits per heavy atom. The zero-order valence-electron chi connectivity index (χ0n) is 11.1. The quantitative estimate of drug-likeness (QED) is 0.373. The molecule has 1 atom stereocenters. The molecule has 0 bridgehead atoms. The van der Waals surface area contributed by atoms with Gasteiger partial charge in [-0.15, -0.1) is 0 Å². The number of rotatable bonds is 4. The number of nitro groups is 1. The molecule has 1 aromatic carbocycles. The number of nitro benzene ring substituents is 1. The second-order valence-corrected chi connectivity index (χ2v) is 5.88. The number of halogens is 1. The molecule has 0 heterocycles. The maximum absolute atomic E-state index is 13.4. The zero-order chi connectivity index (χ0) is 16.5. The van der Waals surface area contributed by atoms with Crippen LogP contribution < -0.4 is 10.0 Å². The molecule has 0 spiro atoms. The fourth-order valence-corrected chi connectivity index (χ4v) is 3.08. The van der Waals surface area contributed by atoms with Crippen LogP contribution in [0.1, 0.15) is 6.42 Å². The van der Waals surface area contributed by atoms with Gasteiger partial charge in [-0.2, -0.15) is 12.8 Å². The van der Waals surface area contributed by atoms with E-state index in [9.17, 15) is 27.5 Å². The van der Waals surface area contributed by atoms with Crippen LogP contribution in [-0.4, -0.2) is 23.6 Å². The monoisotopic (exact) mass is 329 g/mol. The second-order valence-electron chi connectivity index (χ2n) is 4.62. The number of nitrogens with zero attached hydrogens (tertiary/aromatic N) is 2. The summed E-state index contributed by atoms with van der Waals surface area (Å²) in [6, 6.07) is 2.41. The highest BCUT2D eigenvalue weighted by molar-refractivity contribution is 7.87. The van der Waals surface area contributed by atoms with Crippen LogP contribution in [-0.2, 0) is 10.3 Å². The molecular formula is C12H12FN3O5S. The van der Waals surface area contributed by atoms with Crippen molar-refractivity contribution in [3.05, 3.63) is 58.4 Å². The first-order chi connectivity index (χ1) is 10.1. The first kappa shape index (κ1) is 16.1. The summed E-state index contributed by atoms with van der Waals surface area (Å²) >= 11 is 0. The van der Waals surface area contributed by atoms with Crippen molar-refractivity contribution >= 4 is 21.7 Å². The molecule has 1 unspecified atom stereocenters. The summed E-state index contributed by atoms with van der Waals surface area (Å²) in [6.07, 6.45) is 6.00. The number of allylic oxidation sites excluding steroid dienone is 2. The van der Waals surface area contributed by atoms with Gasteiger partial charge in [-0.3, -0.25) is 14.7 Å². The highest BCUT2D eigenvalue weighted by atomic mass is 32.2. The first-order valence-corrected chi connectivity index (χ1v) is 7.40. The van der Waals surface area contributed by atoms with Crippen LogP contribution in [0.4, 0.5) is 15.8 Å². The summed E-state index contributed by atoms with van der Waals surface area (Å²) in [7, 11) is -4.85. The van der Waals surface area contributed by atoms with E-state index in [4.69, 9.17) is 5.73 Å².